The number of aliphatic hydroxyl groups is 2. The number of nitrogen functional groups attached to an aromatic ring is 2. The molecule has 6 N–H and O–H groups in total. The standard InChI is InChI=1S/C24H27N5O2/c1-13-16(6-3-14-2-4-15-5-7-20(26)28-19(15)12-14)22(30)23(31)21(13)29-11-9-17-18(25)8-10-27-24(17)29/h2,4-5,7-13,16,21-23,30-31H,3,6H2,1H3,(H2,25,27)(H2,26,28)/t13-,16-,21+,22+,23-/m0/s1. The SMILES string of the molecule is C[C@H]1[C@H](CCc2ccc3ccc(N)nc3c2)[C@@H](O)[C@@H](O)[C@@H]1n1ccc2c(N)ccnc21. The number of nitrogens with zero attached hydrogens (tertiary/aromatic N) is 3. The van der Waals surface area contributed by atoms with E-state index in [-0.39, 0.29) is 17.9 Å². The summed E-state index contributed by atoms with van der Waals surface area (Å²) < 4.78 is 1.97. The second-order valence-corrected chi connectivity index (χ2v) is 8.66. The maximum absolute atomic E-state index is 10.9. The fourth-order valence-electron chi connectivity index (χ4n) is 5.17. The van der Waals surface area contributed by atoms with Crippen molar-refractivity contribution in [2.75, 3.05) is 11.5 Å². The Bertz CT molecular complexity index is 1250. The molecule has 0 saturated heterocycles. The molecule has 3 aromatic heterocycles. The quantitative estimate of drug-likeness (QED) is 0.405. The first-order valence-corrected chi connectivity index (χ1v) is 10.7. The largest absolute Gasteiger partial charge is 0.398 e. The lowest BCUT2D eigenvalue weighted by molar-refractivity contribution is 0.00538. The van der Waals surface area contributed by atoms with Crippen LogP contribution >= 0.6 is 0 Å². The highest BCUT2D eigenvalue weighted by atomic mass is 16.3. The minimum atomic E-state index is -0.864. The average Bonchev–Trinajstić information content (AvgIpc) is 3.26. The van der Waals surface area contributed by atoms with Gasteiger partial charge in [0, 0.05) is 28.9 Å². The Balaban J connectivity index is 1.38. The van der Waals surface area contributed by atoms with Crippen molar-refractivity contribution >= 4 is 33.4 Å². The number of nitrogens with two attached hydrogens (primary N) is 2. The van der Waals surface area contributed by atoms with Crippen LogP contribution in [0.15, 0.2) is 54.9 Å². The van der Waals surface area contributed by atoms with Gasteiger partial charge in [-0.3, -0.25) is 0 Å². The minimum Gasteiger partial charge on any atom is -0.398 e. The zero-order valence-corrected chi connectivity index (χ0v) is 17.4. The topological polar surface area (TPSA) is 123 Å². The van der Waals surface area contributed by atoms with E-state index < -0.39 is 12.2 Å². The highest BCUT2D eigenvalue weighted by molar-refractivity contribution is 5.88. The van der Waals surface area contributed by atoms with E-state index in [0.717, 1.165) is 40.3 Å². The summed E-state index contributed by atoms with van der Waals surface area (Å²) in [6.07, 6.45) is 3.47. The molecule has 4 aromatic rings. The summed E-state index contributed by atoms with van der Waals surface area (Å²) in [4.78, 5) is 8.88. The van der Waals surface area contributed by atoms with Crippen LogP contribution in [0.25, 0.3) is 21.9 Å². The monoisotopic (exact) mass is 417 g/mol. The van der Waals surface area contributed by atoms with E-state index in [4.69, 9.17) is 11.5 Å². The summed E-state index contributed by atoms with van der Waals surface area (Å²) in [7, 11) is 0. The lowest BCUT2D eigenvalue weighted by Crippen LogP contribution is -2.29. The van der Waals surface area contributed by atoms with Crippen molar-refractivity contribution in [3.05, 3.63) is 60.4 Å². The summed E-state index contributed by atoms with van der Waals surface area (Å²) in [5, 5.41) is 23.7. The summed E-state index contributed by atoms with van der Waals surface area (Å²) in [5.41, 5.74) is 15.3. The Morgan fingerprint density at radius 3 is 2.68 bits per heavy atom. The van der Waals surface area contributed by atoms with Gasteiger partial charge in [-0.15, -0.1) is 0 Å². The minimum absolute atomic E-state index is 0.0389. The number of fused-ring (bicyclic) bond motifs is 2. The Morgan fingerprint density at radius 2 is 1.84 bits per heavy atom. The lowest BCUT2D eigenvalue weighted by atomic mass is 9.88. The molecule has 0 aliphatic heterocycles. The van der Waals surface area contributed by atoms with Crippen LogP contribution in [0.3, 0.4) is 0 Å². The third-order valence-corrected chi connectivity index (χ3v) is 6.87. The van der Waals surface area contributed by atoms with Gasteiger partial charge in [0.1, 0.15) is 17.6 Å². The number of aromatic nitrogens is 3. The van der Waals surface area contributed by atoms with Crippen molar-refractivity contribution in [1.29, 1.82) is 0 Å². The van der Waals surface area contributed by atoms with E-state index in [1.165, 1.54) is 0 Å². The third-order valence-electron chi connectivity index (χ3n) is 6.87. The molecule has 1 aliphatic rings. The smallest absolute Gasteiger partial charge is 0.142 e. The van der Waals surface area contributed by atoms with Gasteiger partial charge in [0.15, 0.2) is 0 Å². The number of aryl methyl sites for hydroxylation is 1. The molecular weight excluding hydrogens is 390 g/mol. The number of hydrogen-bond acceptors (Lipinski definition) is 6. The Morgan fingerprint density at radius 1 is 1.03 bits per heavy atom. The summed E-state index contributed by atoms with van der Waals surface area (Å²) in [6.45, 7) is 2.09. The fourth-order valence-corrected chi connectivity index (χ4v) is 5.17. The molecule has 7 heteroatoms. The molecule has 1 fully saturated rings. The van der Waals surface area contributed by atoms with Crippen LogP contribution in [-0.4, -0.2) is 37.0 Å². The predicted octanol–water partition coefficient (Wildman–Crippen LogP) is 2.91. The Labute approximate surface area is 180 Å². The van der Waals surface area contributed by atoms with Gasteiger partial charge in [-0.1, -0.05) is 19.1 Å². The van der Waals surface area contributed by atoms with Gasteiger partial charge in [0.25, 0.3) is 0 Å². The molecule has 0 amide bonds. The van der Waals surface area contributed by atoms with Crippen molar-refractivity contribution in [2.24, 2.45) is 11.8 Å². The first kappa shape index (κ1) is 19.8. The second-order valence-electron chi connectivity index (χ2n) is 8.66. The van der Waals surface area contributed by atoms with Crippen molar-refractivity contribution in [3.8, 4) is 0 Å². The van der Waals surface area contributed by atoms with Crippen LogP contribution in [0.1, 0.15) is 24.9 Å². The highest BCUT2D eigenvalue weighted by Crippen LogP contribution is 2.44. The summed E-state index contributed by atoms with van der Waals surface area (Å²) >= 11 is 0. The van der Waals surface area contributed by atoms with Crippen LogP contribution in [0.5, 0.6) is 0 Å². The average molecular weight is 418 g/mol. The van der Waals surface area contributed by atoms with E-state index in [2.05, 4.69) is 29.0 Å². The van der Waals surface area contributed by atoms with Crippen LogP contribution in [0.4, 0.5) is 11.5 Å². The van der Waals surface area contributed by atoms with Gasteiger partial charge in [-0.05, 0) is 60.6 Å². The maximum Gasteiger partial charge on any atom is 0.142 e. The Kier molecular flexibility index (Phi) is 4.79. The molecule has 0 bridgehead atoms. The maximum atomic E-state index is 10.9. The van der Waals surface area contributed by atoms with E-state index in [1.807, 2.05) is 29.0 Å². The van der Waals surface area contributed by atoms with Crippen LogP contribution < -0.4 is 11.5 Å². The molecular formula is C24H27N5O2. The van der Waals surface area contributed by atoms with Gasteiger partial charge in [0.05, 0.1) is 17.7 Å². The number of benzene rings is 1. The first-order valence-electron chi connectivity index (χ1n) is 10.7. The van der Waals surface area contributed by atoms with Crippen LogP contribution in [0.2, 0.25) is 0 Å². The molecule has 0 unspecified atom stereocenters. The molecule has 5 rings (SSSR count). The lowest BCUT2D eigenvalue weighted by Gasteiger charge is -2.23. The summed E-state index contributed by atoms with van der Waals surface area (Å²) in [6, 6.07) is 13.4. The van der Waals surface area contributed by atoms with Gasteiger partial charge in [-0.25, -0.2) is 9.97 Å². The van der Waals surface area contributed by atoms with Gasteiger partial charge >= 0.3 is 0 Å². The number of hydrogen-bond donors (Lipinski definition) is 4. The van der Waals surface area contributed by atoms with Crippen molar-refractivity contribution in [1.82, 2.24) is 14.5 Å². The zero-order chi connectivity index (χ0) is 21.7. The third kappa shape index (κ3) is 3.30. The molecule has 0 spiro atoms. The Hall–Kier alpha value is -3.16. The van der Waals surface area contributed by atoms with Crippen molar-refractivity contribution in [3.63, 3.8) is 0 Å². The molecule has 1 aliphatic carbocycles. The number of aliphatic hydroxyl groups excluding tert-OH is 2. The van der Waals surface area contributed by atoms with Crippen LogP contribution in [0, 0.1) is 11.8 Å². The van der Waals surface area contributed by atoms with E-state index in [1.54, 1.807) is 18.3 Å². The van der Waals surface area contributed by atoms with Crippen LogP contribution in [-0.2, 0) is 6.42 Å². The number of pyridine rings is 2. The molecule has 1 saturated carbocycles. The van der Waals surface area contributed by atoms with E-state index in [9.17, 15) is 10.2 Å². The molecule has 3 heterocycles. The molecule has 5 atom stereocenters. The molecule has 0 radical (unpaired) electrons. The molecule has 160 valence electrons. The molecule has 7 nitrogen and oxygen atoms in total. The number of rotatable bonds is 4. The first-order chi connectivity index (χ1) is 14.9. The van der Waals surface area contributed by atoms with E-state index >= 15 is 0 Å². The highest BCUT2D eigenvalue weighted by Gasteiger charge is 2.47. The van der Waals surface area contributed by atoms with E-state index in [0.29, 0.717) is 11.5 Å². The zero-order valence-electron chi connectivity index (χ0n) is 17.4. The molecule has 1 aromatic carbocycles. The predicted molar refractivity (Wildman–Crippen MR) is 122 cm³/mol. The summed E-state index contributed by atoms with van der Waals surface area (Å²) in [5.74, 6) is 0.532. The molecule has 31 heavy (non-hydrogen) atoms. The fraction of sp³-hybridized carbons (Fsp3) is 0.333. The second kappa shape index (κ2) is 7.51. The van der Waals surface area contributed by atoms with Gasteiger partial charge in [0.2, 0.25) is 0 Å². The van der Waals surface area contributed by atoms with Gasteiger partial charge in [-0.2, -0.15) is 0 Å². The normalized spacial score (nSPS) is 26.1. The van der Waals surface area contributed by atoms with Crippen molar-refractivity contribution in [2.45, 2.75) is 38.0 Å². The van der Waals surface area contributed by atoms with Gasteiger partial charge < -0.3 is 26.2 Å². The van der Waals surface area contributed by atoms with Crippen molar-refractivity contribution < 1.29 is 10.2 Å². The number of anilines is 2.